The summed E-state index contributed by atoms with van der Waals surface area (Å²) < 4.78 is 0.825. The van der Waals surface area contributed by atoms with Crippen LogP contribution in [0.4, 0.5) is 0 Å². The summed E-state index contributed by atoms with van der Waals surface area (Å²) in [6.07, 6.45) is 17.0. The monoisotopic (exact) mass is 372 g/mol. The van der Waals surface area contributed by atoms with E-state index in [1.807, 2.05) is 0 Å². The molecule has 156 valence electrons. The molecule has 0 aliphatic rings. The summed E-state index contributed by atoms with van der Waals surface area (Å²) in [5, 5.41) is 18.9. The van der Waals surface area contributed by atoms with E-state index in [1.165, 1.54) is 57.8 Å². The van der Waals surface area contributed by atoms with Crippen LogP contribution in [0.15, 0.2) is 0 Å². The maximum absolute atomic E-state index is 10.5. The molecule has 0 saturated carbocycles. The lowest BCUT2D eigenvalue weighted by Gasteiger charge is -2.32. The van der Waals surface area contributed by atoms with Crippen LogP contribution in [-0.2, 0) is 4.79 Å². The van der Waals surface area contributed by atoms with Crippen molar-refractivity contribution in [3.8, 4) is 0 Å². The van der Waals surface area contributed by atoms with Gasteiger partial charge in [0.05, 0.1) is 20.6 Å². The molecule has 0 aliphatic heterocycles. The summed E-state index contributed by atoms with van der Waals surface area (Å²) in [4.78, 5) is 10.5. The van der Waals surface area contributed by atoms with E-state index in [9.17, 15) is 9.90 Å². The predicted molar refractivity (Wildman–Crippen MR) is 110 cm³/mol. The van der Waals surface area contributed by atoms with Crippen molar-refractivity contribution < 1.29 is 19.5 Å². The Morgan fingerprint density at radius 3 is 1.85 bits per heavy atom. The summed E-state index contributed by atoms with van der Waals surface area (Å²) in [5.41, 5.74) is 0. The maximum atomic E-state index is 10.5. The zero-order valence-corrected chi connectivity index (χ0v) is 17.8. The summed E-state index contributed by atoms with van der Waals surface area (Å²) in [6.45, 7) is 4.07. The molecule has 0 radical (unpaired) electrons. The first kappa shape index (κ1) is 25.4. The smallest absolute Gasteiger partial charge is 0.303 e. The number of hydrogen-bond donors (Lipinski definition) is 2. The van der Waals surface area contributed by atoms with Gasteiger partial charge in [-0.1, -0.05) is 71.1 Å². The van der Waals surface area contributed by atoms with Crippen LogP contribution in [0.5, 0.6) is 0 Å². The van der Waals surface area contributed by atoms with Crippen molar-refractivity contribution in [2.45, 2.75) is 109 Å². The van der Waals surface area contributed by atoms with Gasteiger partial charge >= 0.3 is 5.97 Å². The molecule has 0 spiro atoms. The van der Waals surface area contributed by atoms with Crippen molar-refractivity contribution in [1.82, 2.24) is 0 Å². The molecule has 26 heavy (non-hydrogen) atoms. The highest BCUT2D eigenvalue weighted by Gasteiger charge is 2.19. The van der Waals surface area contributed by atoms with Crippen molar-refractivity contribution in [2.75, 3.05) is 27.2 Å². The third-order valence-corrected chi connectivity index (χ3v) is 5.25. The molecule has 0 fully saturated rings. The third kappa shape index (κ3) is 18.2. The van der Waals surface area contributed by atoms with Gasteiger partial charge in [-0.05, 0) is 25.7 Å². The number of carboxylic acids is 1. The zero-order valence-electron chi connectivity index (χ0n) is 17.8. The van der Waals surface area contributed by atoms with Crippen LogP contribution in [0.2, 0.25) is 0 Å². The van der Waals surface area contributed by atoms with E-state index in [0.717, 1.165) is 49.7 Å². The highest BCUT2D eigenvalue weighted by molar-refractivity contribution is 5.66. The number of carbonyl (C=O) groups is 1. The van der Waals surface area contributed by atoms with Crippen LogP contribution < -0.4 is 0 Å². The number of hydrogen-bond acceptors (Lipinski definition) is 2. The van der Waals surface area contributed by atoms with Crippen molar-refractivity contribution in [1.29, 1.82) is 0 Å². The molecule has 0 aromatic heterocycles. The Hall–Kier alpha value is -0.610. The van der Waals surface area contributed by atoms with Gasteiger partial charge in [-0.15, -0.1) is 0 Å². The number of aliphatic hydroxyl groups is 1. The van der Waals surface area contributed by atoms with Crippen LogP contribution in [0.25, 0.3) is 0 Å². The number of nitrogens with zero attached hydrogens (tertiary/aromatic N) is 1. The fraction of sp³-hybridized carbons (Fsp3) is 0.955. The van der Waals surface area contributed by atoms with E-state index in [-0.39, 0.29) is 12.5 Å². The standard InChI is InChI=1S/C22H45NO3/c1-4-5-6-7-8-9-10-11-12-14-17-21(24)20-23(2,3)19-16-13-15-18-22(25)26/h21,24H,4-20H2,1-3H3/p+1. The van der Waals surface area contributed by atoms with Gasteiger partial charge in [0.2, 0.25) is 0 Å². The molecule has 0 aromatic rings. The number of aliphatic hydroxyl groups excluding tert-OH is 1. The lowest BCUT2D eigenvalue weighted by molar-refractivity contribution is -0.893. The second kappa shape index (κ2) is 16.6. The highest BCUT2D eigenvalue weighted by Crippen LogP contribution is 2.14. The van der Waals surface area contributed by atoms with E-state index in [4.69, 9.17) is 5.11 Å². The summed E-state index contributed by atoms with van der Waals surface area (Å²) in [5.74, 6) is -0.703. The number of carboxylic acid groups (broad SMARTS) is 1. The second-order valence-electron chi connectivity index (χ2n) is 8.67. The summed E-state index contributed by atoms with van der Waals surface area (Å²) in [6, 6.07) is 0. The summed E-state index contributed by atoms with van der Waals surface area (Å²) in [7, 11) is 4.33. The number of likely N-dealkylation sites (N-methyl/N-ethyl adjacent to an activating group) is 1. The quantitative estimate of drug-likeness (QED) is 0.236. The second-order valence-corrected chi connectivity index (χ2v) is 8.67. The summed E-state index contributed by atoms with van der Waals surface area (Å²) >= 11 is 0. The number of aliphatic carboxylic acids is 1. The Morgan fingerprint density at radius 2 is 1.31 bits per heavy atom. The first-order valence-electron chi connectivity index (χ1n) is 11.1. The third-order valence-electron chi connectivity index (χ3n) is 5.25. The molecule has 0 aliphatic carbocycles. The first-order chi connectivity index (χ1) is 12.4. The minimum absolute atomic E-state index is 0.210. The number of rotatable bonds is 19. The molecule has 0 bridgehead atoms. The Bertz CT molecular complexity index is 331. The SMILES string of the molecule is CCCCCCCCCCCCC(O)C[N+](C)(C)CCCCCC(=O)O. The van der Waals surface area contributed by atoms with Gasteiger partial charge in [-0.3, -0.25) is 4.79 Å². The van der Waals surface area contributed by atoms with Gasteiger partial charge < -0.3 is 14.7 Å². The minimum Gasteiger partial charge on any atom is -0.481 e. The van der Waals surface area contributed by atoms with E-state index in [2.05, 4.69) is 21.0 Å². The first-order valence-corrected chi connectivity index (χ1v) is 11.1. The Morgan fingerprint density at radius 1 is 0.808 bits per heavy atom. The Labute approximate surface area is 162 Å². The fourth-order valence-electron chi connectivity index (χ4n) is 3.61. The topological polar surface area (TPSA) is 57.5 Å². The Kier molecular flexibility index (Phi) is 16.2. The molecule has 2 N–H and O–H groups in total. The van der Waals surface area contributed by atoms with Gasteiger partial charge in [-0.25, -0.2) is 0 Å². The molecule has 0 heterocycles. The molecule has 4 heteroatoms. The average molecular weight is 373 g/mol. The molecule has 0 rings (SSSR count). The van der Waals surface area contributed by atoms with Crippen LogP contribution in [0.3, 0.4) is 0 Å². The van der Waals surface area contributed by atoms with E-state index < -0.39 is 5.97 Å². The number of unbranched alkanes of at least 4 members (excludes halogenated alkanes) is 11. The van der Waals surface area contributed by atoms with E-state index >= 15 is 0 Å². The van der Waals surface area contributed by atoms with Crippen molar-refractivity contribution in [3.05, 3.63) is 0 Å². The normalized spacial score (nSPS) is 13.1. The van der Waals surface area contributed by atoms with Gasteiger partial charge in [0.1, 0.15) is 12.6 Å². The molecular weight excluding hydrogens is 326 g/mol. The van der Waals surface area contributed by atoms with Crippen molar-refractivity contribution in [3.63, 3.8) is 0 Å². The fourth-order valence-corrected chi connectivity index (χ4v) is 3.61. The van der Waals surface area contributed by atoms with Crippen LogP contribution in [0, 0.1) is 0 Å². The molecule has 1 atom stereocenters. The Balaban J connectivity index is 3.52. The predicted octanol–water partition coefficient (Wildman–Crippen LogP) is 5.38. The van der Waals surface area contributed by atoms with Crippen LogP contribution in [-0.4, -0.2) is 54.0 Å². The lowest BCUT2D eigenvalue weighted by Crippen LogP contribution is -2.46. The van der Waals surface area contributed by atoms with Crippen molar-refractivity contribution in [2.24, 2.45) is 0 Å². The van der Waals surface area contributed by atoms with Gasteiger partial charge in [0.15, 0.2) is 0 Å². The largest absolute Gasteiger partial charge is 0.481 e. The molecular formula is C22H46NO3+. The molecule has 0 amide bonds. The number of quaternary nitrogens is 1. The maximum Gasteiger partial charge on any atom is 0.303 e. The lowest BCUT2D eigenvalue weighted by atomic mass is 10.0. The molecule has 0 aromatic carbocycles. The van der Waals surface area contributed by atoms with Gasteiger partial charge in [0.25, 0.3) is 0 Å². The minimum atomic E-state index is -0.703. The van der Waals surface area contributed by atoms with Crippen LogP contribution >= 0.6 is 0 Å². The van der Waals surface area contributed by atoms with Gasteiger partial charge in [0, 0.05) is 6.42 Å². The molecule has 1 unspecified atom stereocenters. The zero-order chi connectivity index (χ0) is 19.7. The van der Waals surface area contributed by atoms with Crippen molar-refractivity contribution >= 4 is 5.97 Å². The van der Waals surface area contributed by atoms with E-state index in [1.54, 1.807) is 0 Å². The molecule has 0 saturated heterocycles. The highest BCUT2D eigenvalue weighted by atomic mass is 16.4. The van der Waals surface area contributed by atoms with E-state index in [0.29, 0.717) is 0 Å². The average Bonchev–Trinajstić information content (AvgIpc) is 2.55. The van der Waals surface area contributed by atoms with Gasteiger partial charge in [-0.2, -0.15) is 0 Å². The van der Waals surface area contributed by atoms with Crippen LogP contribution in [0.1, 0.15) is 103 Å². The molecule has 4 nitrogen and oxygen atoms in total.